The highest BCUT2D eigenvalue weighted by molar-refractivity contribution is 6.01. The number of carbonyl (C=O) groups excluding carboxylic acids is 1. The van der Waals surface area contributed by atoms with E-state index in [9.17, 15) is 9.18 Å². The topological polar surface area (TPSA) is 125 Å². The van der Waals surface area contributed by atoms with Gasteiger partial charge in [-0.25, -0.2) is 8.78 Å². The number of nitrogens with zero attached hydrogens (tertiary/aromatic N) is 5. The maximum absolute atomic E-state index is 17.2. The minimum Gasteiger partial charge on any atom is -0.468 e. The SMILES string of the molecule is CCOC(=O)CCCc1cccc2cc(OCOC)cc(-c3ncc4c(N5CCC[C@@H](N)C5)nc(OC[C@@]56CCCN5C[C@H](F)C6)nc4c3F)c12. The largest absolute Gasteiger partial charge is 0.468 e. The highest BCUT2D eigenvalue weighted by Gasteiger charge is 2.49. The van der Waals surface area contributed by atoms with E-state index >= 15 is 4.39 Å². The highest BCUT2D eigenvalue weighted by Crippen LogP contribution is 2.42. The molecule has 5 heterocycles. The van der Waals surface area contributed by atoms with Crippen LogP contribution in [0.4, 0.5) is 14.6 Å². The second-order valence-corrected chi connectivity index (χ2v) is 13.9. The van der Waals surface area contributed by atoms with Crippen LogP contribution in [0.3, 0.4) is 0 Å². The molecule has 7 rings (SSSR count). The van der Waals surface area contributed by atoms with Crippen LogP contribution in [0.15, 0.2) is 36.5 Å². The Kier molecular flexibility index (Phi) is 10.5. The minimum absolute atomic E-state index is 0.00906. The average Bonchev–Trinajstić information content (AvgIpc) is 3.65. The van der Waals surface area contributed by atoms with E-state index < -0.39 is 17.5 Å². The zero-order chi connectivity index (χ0) is 35.5. The van der Waals surface area contributed by atoms with E-state index in [1.54, 1.807) is 19.2 Å². The zero-order valence-corrected chi connectivity index (χ0v) is 29.3. The maximum Gasteiger partial charge on any atom is 0.319 e. The molecule has 0 aliphatic carbocycles. The summed E-state index contributed by atoms with van der Waals surface area (Å²) < 4.78 is 54.2. The summed E-state index contributed by atoms with van der Waals surface area (Å²) >= 11 is 0. The van der Waals surface area contributed by atoms with E-state index in [0.29, 0.717) is 68.0 Å². The monoisotopic (exact) mass is 704 g/mol. The number of aryl methyl sites for hydroxylation is 1. The van der Waals surface area contributed by atoms with Gasteiger partial charge in [-0.2, -0.15) is 9.97 Å². The third-order valence-corrected chi connectivity index (χ3v) is 10.4. The van der Waals surface area contributed by atoms with Crippen LogP contribution < -0.4 is 20.1 Å². The molecule has 2 aromatic carbocycles. The first-order valence-electron chi connectivity index (χ1n) is 18.0. The van der Waals surface area contributed by atoms with Crippen molar-refractivity contribution < 1.29 is 32.5 Å². The molecule has 0 radical (unpaired) electrons. The lowest BCUT2D eigenvalue weighted by atomic mass is 9.93. The number of hydrogen-bond donors (Lipinski definition) is 1. The van der Waals surface area contributed by atoms with Gasteiger partial charge in [0.2, 0.25) is 0 Å². The smallest absolute Gasteiger partial charge is 0.319 e. The van der Waals surface area contributed by atoms with E-state index in [1.165, 1.54) is 7.11 Å². The number of hydrogen-bond acceptors (Lipinski definition) is 11. The number of carbonyl (C=O) groups is 1. The van der Waals surface area contributed by atoms with Crippen LogP contribution in [0.25, 0.3) is 32.9 Å². The molecular weight excluding hydrogens is 658 g/mol. The molecule has 272 valence electrons. The van der Waals surface area contributed by atoms with Crippen LogP contribution in [-0.4, -0.2) is 96.9 Å². The Labute approximate surface area is 296 Å². The van der Waals surface area contributed by atoms with Gasteiger partial charge in [0.05, 0.1) is 17.5 Å². The van der Waals surface area contributed by atoms with Gasteiger partial charge in [0.15, 0.2) is 12.6 Å². The fraction of sp³-hybridized carbons (Fsp3) is 0.526. The molecule has 11 nitrogen and oxygen atoms in total. The predicted octanol–water partition coefficient (Wildman–Crippen LogP) is 5.74. The summed E-state index contributed by atoms with van der Waals surface area (Å²) in [6.45, 7) is 4.81. The summed E-state index contributed by atoms with van der Waals surface area (Å²) in [5.74, 6) is 0.123. The molecule has 4 aromatic rings. The van der Waals surface area contributed by atoms with Gasteiger partial charge in [0.25, 0.3) is 0 Å². The van der Waals surface area contributed by atoms with Gasteiger partial charge in [-0.3, -0.25) is 14.7 Å². The van der Waals surface area contributed by atoms with Crippen molar-refractivity contribution in [1.82, 2.24) is 19.9 Å². The molecular formula is C38H46F2N6O5. The van der Waals surface area contributed by atoms with Crippen LogP contribution in [-0.2, 0) is 20.7 Å². The quantitative estimate of drug-likeness (QED) is 0.135. The van der Waals surface area contributed by atoms with Crippen molar-refractivity contribution in [2.24, 2.45) is 5.73 Å². The first-order chi connectivity index (χ1) is 24.8. The van der Waals surface area contributed by atoms with E-state index in [4.69, 9.17) is 34.6 Å². The molecule has 0 unspecified atom stereocenters. The fourth-order valence-electron chi connectivity index (χ4n) is 8.10. The third-order valence-electron chi connectivity index (χ3n) is 10.4. The van der Waals surface area contributed by atoms with E-state index in [-0.39, 0.29) is 49.1 Å². The number of esters is 1. The lowest BCUT2D eigenvalue weighted by Crippen LogP contribution is -2.44. The first kappa shape index (κ1) is 35.2. The number of ether oxygens (including phenoxy) is 4. The molecule has 0 spiro atoms. The lowest BCUT2D eigenvalue weighted by molar-refractivity contribution is -0.143. The Balaban J connectivity index is 1.33. The molecule has 51 heavy (non-hydrogen) atoms. The first-order valence-corrected chi connectivity index (χ1v) is 18.0. The number of alkyl halides is 1. The summed E-state index contributed by atoms with van der Waals surface area (Å²) in [5, 5.41) is 2.08. The standard InChI is InChI=1S/C38H46F2N6O5/c1-3-49-31(47)12-5-9-24-8-4-10-25-16-28(51-23-48-2)17-29(32(24)25)34-33(40)35-30(19-42-34)36(45-14-6-11-27(41)21-45)44-37(43-35)50-22-38-13-7-15-46(38)20-26(39)18-38/h4,8,10,16-17,19,26-27H,3,5-7,9,11-15,18,20-23,41H2,1-2H3/t26-,27-,38+/m1/s1. The van der Waals surface area contributed by atoms with Crippen LogP contribution in [0.1, 0.15) is 57.4 Å². The number of halogens is 2. The lowest BCUT2D eigenvalue weighted by Gasteiger charge is -2.33. The summed E-state index contributed by atoms with van der Waals surface area (Å²) in [5.41, 5.74) is 7.58. The van der Waals surface area contributed by atoms with Gasteiger partial charge in [0.1, 0.15) is 35.6 Å². The number of benzene rings is 2. The van der Waals surface area contributed by atoms with Crippen molar-refractivity contribution in [3.05, 3.63) is 47.9 Å². The normalized spacial score (nSPS) is 22.1. The Bertz CT molecular complexity index is 1900. The zero-order valence-electron chi connectivity index (χ0n) is 29.3. The third kappa shape index (κ3) is 7.29. The average molecular weight is 705 g/mol. The highest BCUT2D eigenvalue weighted by atomic mass is 19.1. The van der Waals surface area contributed by atoms with Gasteiger partial charge in [-0.15, -0.1) is 0 Å². The summed E-state index contributed by atoms with van der Waals surface area (Å²) in [6.07, 6.45) is 6.06. The van der Waals surface area contributed by atoms with E-state index in [2.05, 4.69) is 14.8 Å². The van der Waals surface area contributed by atoms with Crippen molar-refractivity contribution in [2.75, 3.05) is 58.2 Å². The van der Waals surface area contributed by atoms with Crippen molar-refractivity contribution in [3.63, 3.8) is 0 Å². The molecule has 2 N–H and O–H groups in total. The van der Waals surface area contributed by atoms with Gasteiger partial charge in [-0.05, 0) is 80.5 Å². The van der Waals surface area contributed by atoms with Gasteiger partial charge < -0.3 is 29.6 Å². The number of fused-ring (bicyclic) bond motifs is 3. The Morgan fingerprint density at radius 2 is 2.02 bits per heavy atom. The van der Waals surface area contributed by atoms with Crippen LogP contribution in [0.5, 0.6) is 11.8 Å². The second kappa shape index (κ2) is 15.2. The number of anilines is 1. The number of piperidine rings is 1. The van der Waals surface area contributed by atoms with Gasteiger partial charge in [0, 0.05) is 57.4 Å². The maximum atomic E-state index is 17.2. The number of methoxy groups -OCH3 is 1. The molecule has 3 fully saturated rings. The Hall–Kier alpha value is -4.20. The molecule has 3 saturated heterocycles. The second-order valence-electron chi connectivity index (χ2n) is 13.9. The fourth-order valence-corrected chi connectivity index (χ4v) is 8.10. The van der Waals surface area contributed by atoms with E-state index in [0.717, 1.165) is 48.6 Å². The molecule has 3 atom stereocenters. The number of rotatable bonds is 13. The van der Waals surface area contributed by atoms with Crippen LogP contribution in [0, 0.1) is 5.82 Å². The van der Waals surface area contributed by atoms with Gasteiger partial charge >= 0.3 is 12.0 Å². The summed E-state index contributed by atoms with van der Waals surface area (Å²) in [4.78, 5) is 30.5. The number of aromatic nitrogens is 3. The van der Waals surface area contributed by atoms with Crippen molar-refractivity contribution in [1.29, 1.82) is 0 Å². The van der Waals surface area contributed by atoms with Crippen LogP contribution >= 0.6 is 0 Å². The minimum atomic E-state index is -0.906. The van der Waals surface area contributed by atoms with Crippen LogP contribution in [0.2, 0.25) is 0 Å². The molecule has 0 amide bonds. The molecule has 13 heteroatoms. The molecule has 2 aromatic heterocycles. The summed E-state index contributed by atoms with van der Waals surface area (Å²) in [7, 11) is 1.53. The Morgan fingerprint density at radius 3 is 2.84 bits per heavy atom. The summed E-state index contributed by atoms with van der Waals surface area (Å²) in [6, 6.07) is 9.48. The van der Waals surface area contributed by atoms with Crippen molar-refractivity contribution in [2.45, 2.75) is 76.0 Å². The van der Waals surface area contributed by atoms with Crippen molar-refractivity contribution >= 4 is 33.5 Å². The predicted molar refractivity (Wildman–Crippen MR) is 190 cm³/mol. The molecule has 0 saturated carbocycles. The molecule has 3 aliphatic rings. The van der Waals surface area contributed by atoms with Gasteiger partial charge in [-0.1, -0.05) is 18.2 Å². The molecule has 0 bridgehead atoms. The van der Waals surface area contributed by atoms with E-state index in [1.807, 2.05) is 24.3 Å². The van der Waals surface area contributed by atoms with Crippen molar-refractivity contribution in [3.8, 4) is 23.0 Å². The number of nitrogens with two attached hydrogens (primary N) is 1. The molecule has 3 aliphatic heterocycles. The number of pyridine rings is 1. The Morgan fingerprint density at radius 1 is 1.14 bits per heavy atom.